The Balaban J connectivity index is 1.74. The molecule has 2 aliphatic carbocycles. The molecule has 1 N–H and O–H groups in total. The number of hydrogen-bond acceptors (Lipinski definition) is 3. The average molecular weight is 328 g/mol. The lowest BCUT2D eigenvalue weighted by molar-refractivity contribution is -0.121. The van der Waals surface area contributed by atoms with Gasteiger partial charge in [0.05, 0.1) is 4.90 Å². The third kappa shape index (κ3) is 2.94. The van der Waals surface area contributed by atoms with Crippen LogP contribution in [0.1, 0.15) is 31.2 Å². The summed E-state index contributed by atoms with van der Waals surface area (Å²) in [6, 6.07) is 4.68. The molecule has 2 bridgehead atoms. The Morgan fingerprint density at radius 3 is 2.57 bits per heavy atom. The number of rotatable bonds is 3. The Labute approximate surface area is 129 Å². The number of benzene rings is 1. The van der Waals surface area contributed by atoms with Gasteiger partial charge in [0.2, 0.25) is 5.91 Å². The van der Waals surface area contributed by atoms with Crippen LogP contribution in [0.25, 0.3) is 0 Å². The summed E-state index contributed by atoms with van der Waals surface area (Å²) in [7, 11) is 1.61. The predicted octanol–water partition coefficient (Wildman–Crippen LogP) is 3.30. The number of anilines is 1. The summed E-state index contributed by atoms with van der Waals surface area (Å²) in [4.78, 5) is 12.4. The van der Waals surface area contributed by atoms with Crippen LogP contribution in [0, 0.1) is 24.7 Å². The van der Waals surface area contributed by atoms with Crippen molar-refractivity contribution in [2.24, 2.45) is 17.8 Å². The van der Waals surface area contributed by atoms with Crippen molar-refractivity contribution in [3.05, 3.63) is 23.8 Å². The van der Waals surface area contributed by atoms with Gasteiger partial charge >= 0.3 is 0 Å². The molecule has 0 heterocycles. The highest BCUT2D eigenvalue weighted by Gasteiger charge is 2.43. The first kappa shape index (κ1) is 14.9. The first-order valence-corrected chi connectivity index (χ1v) is 9.51. The Kier molecular flexibility index (Phi) is 3.74. The third-order valence-electron chi connectivity index (χ3n) is 4.78. The smallest absolute Gasteiger partial charge is 0.261 e. The molecule has 2 aliphatic rings. The molecule has 3 unspecified atom stereocenters. The molecule has 21 heavy (non-hydrogen) atoms. The number of aryl methyl sites for hydroxylation is 1. The second kappa shape index (κ2) is 5.29. The topological polar surface area (TPSA) is 63.2 Å². The van der Waals surface area contributed by atoms with Crippen LogP contribution in [0.2, 0.25) is 0 Å². The minimum Gasteiger partial charge on any atom is -0.326 e. The van der Waals surface area contributed by atoms with E-state index < -0.39 is 9.05 Å². The number of amides is 1. The molecule has 1 aromatic rings. The molecule has 1 amide bonds. The van der Waals surface area contributed by atoms with Crippen LogP contribution in [0.3, 0.4) is 0 Å². The molecule has 0 spiro atoms. The van der Waals surface area contributed by atoms with E-state index in [1.54, 1.807) is 19.1 Å². The van der Waals surface area contributed by atoms with Crippen molar-refractivity contribution in [2.75, 3.05) is 5.32 Å². The van der Waals surface area contributed by atoms with E-state index in [2.05, 4.69) is 5.32 Å². The molecule has 3 rings (SSSR count). The molecule has 1 aromatic carbocycles. The molecule has 0 aromatic heterocycles. The van der Waals surface area contributed by atoms with Gasteiger partial charge in [-0.2, -0.15) is 0 Å². The normalized spacial score (nSPS) is 27.8. The maximum absolute atomic E-state index is 12.3. The third-order valence-corrected chi connectivity index (χ3v) is 6.26. The van der Waals surface area contributed by atoms with Crippen LogP contribution in [0.4, 0.5) is 5.69 Å². The van der Waals surface area contributed by atoms with Crippen molar-refractivity contribution in [3.8, 4) is 0 Å². The Hall–Kier alpha value is -1.07. The molecule has 2 fully saturated rings. The SMILES string of the molecule is Cc1cc(NC(=O)C2CC3CCC2C3)ccc1S(=O)(=O)Cl. The van der Waals surface area contributed by atoms with E-state index in [-0.39, 0.29) is 16.7 Å². The average Bonchev–Trinajstić information content (AvgIpc) is 2.99. The van der Waals surface area contributed by atoms with Gasteiger partial charge in [0.15, 0.2) is 0 Å². The number of nitrogens with one attached hydrogen (secondary N) is 1. The highest BCUT2D eigenvalue weighted by atomic mass is 35.7. The summed E-state index contributed by atoms with van der Waals surface area (Å²) in [6.07, 6.45) is 4.59. The molecule has 114 valence electrons. The highest BCUT2D eigenvalue weighted by Crippen LogP contribution is 2.48. The second-order valence-corrected chi connectivity index (χ2v) is 8.72. The fourth-order valence-electron chi connectivity index (χ4n) is 3.80. The van der Waals surface area contributed by atoms with Crippen molar-refractivity contribution in [1.82, 2.24) is 0 Å². The fraction of sp³-hybridized carbons (Fsp3) is 0.533. The van der Waals surface area contributed by atoms with Gasteiger partial charge in [-0.1, -0.05) is 6.42 Å². The lowest BCUT2D eigenvalue weighted by Gasteiger charge is -2.21. The molecule has 0 aliphatic heterocycles. The van der Waals surface area contributed by atoms with Crippen LogP contribution in [0.5, 0.6) is 0 Å². The Morgan fingerprint density at radius 2 is 2.05 bits per heavy atom. The van der Waals surface area contributed by atoms with E-state index in [1.807, 2.05) is 0 Å². The summed E-state index contributed by atoms with van der Waals surface area (Å²) in [5.74, 6) is 1.42. The van der Waals surface area contributed by atoms with E-state index >= 15 is 0 Å². The lowest BCUT2D eigenvalue weighted by Crippen LogP contribution is -2.27. The minimum atomic E-state index is -3.74. The lowest BCUT2D eigenvalue weighted by atomic mass is 9.88. The molecule has 0 radical (unpaired) electrons. The fourth-order valence-corrected chi connectivity index (χ4v) is 5.00. The monoisotopic (exact) mass is 327 g/mol. The van der Waals surface area contributed by atoms with Gasteiger partial charge in [0, 0.05) is 22.3 Å². The van der Waals surface area contributed by atoms with Gasteiger partial charge in [0.25, 0.3) is 9.05 Å². The molecular weight excluding hydrogens is 310 g/mol. The van der Waals surface area contributed by atoms with E-state index in [9.17, 15) is 13.2 Å². The van der Waals surface area contributed by atoms with E-state index in [4.69, 9.17) is 10.7 Å². The summed E-state index contributed by atoms with van der Waals surface area (Å²) < 4.78 is 22.7. The highest BCUT2D eigenvalue weighted by molar-refractivity contribution is 8.13. The number of hydrogen-bond donors (Lipinski definition) is 1. The maximum atomic E-state index is 12.3. The standard InChI is InChI=1S/C15H18ClNO3S/c1-9-6-12(4-5-14(9)21(16,19)20)17-15(18)13-8-10-2-3-11(13)7-10/h4-6,10-11,13H,2-3,7-8H2,1H3,(H,17,18). The number of carbonyl (C=O) groups excluding carboxylic acids is 1. The summed E-state index contributed by atoms with van der Waals surface area (Å²) in [5.41, 5.74) is 1.17. The zero-order valence-electron chi connectivity index (χ0n) is 11.8. The number of halogens is 1. The minimum absolute atomic E-state index is 0.0584. The summed E-state index contributed by atoms with van der Waals surface area (Å²) >= 11 is 0. The maximum Gasteiger partial charge on any atom is 0.261 e. The van der Waals surface area contributed by atoms with Crippen LogP contribution < -0.4 is 5.32 Å². The van der Waals surface area contributed by atoms with Crippen LogP contribution in [-0.4, -0.2) is 14.3 Å². The molecule has 2 saturated carbocycles. The first-order valence-electron chi connectivity index (χ1n) is 7.21. The molecular formula is C15H18ClNO3S. The molecule has 6 heteroatoms. The summed E-state index contributed by atoms with van der Waals surface area (Å²) in [6.45, 7) is 1.67. The van der Waals surface area contributed by atoms with Gasteiger partial charge in [-0.05, 0) is 61.8 Å². The van der Waals surface area contributed by atoms with Crippen molar-refractivity contribution >= 4 is 31.3 Å². The van der Waals surface area contributed by atoms with Crippen molar-refractivity contribution < 1.29 is 13.2 Å². The van der Waals surface area contributed by atoms with E-state index in [0.717, 1.165) is 18.8 Å². The second-order valence-electron chi connectivity index (χ2n) is 6.19. The Bertz CT molecular complexity index is 686. The van der Waals surface area contributed by atoms with Crippen LogP contribution in [0.15, 0.2) is 23.1 Å². The van der Waals surface area contributed by atoms with Crippen molar-refractivity contribution in [1.29, 1.82) is 0 Å². The zero-order valence-corrected chi connectivity index (χ0v) is 13.4. The largest absolute Gasteiger partial charge is 0.326 e. The van der Waals surface area contributed by atoms with E-state index in [1.165, 1.54) is 18.9 Å². The zero-order chi connectivity index (χ0) is 15.2. The quantitative estimate of drug-likeness (QED) is 0.866. The number of fused-ring (bicyclic) bond motifs is 2. The van der Waals surface area contributed by atoms with Gasteiger partial charge in [-0.3, -0.25) is 4.79 Å². The van der Waals surface area contributed by atoms with Crippen molar-refractivity contribution in [2.45, 2.75) is 37.5 Å². The van der Waals surface area contributed by atoms with E-state index in [0.29, 0.717) is 17.2 Å². The van der Waals surface area contributed by atoms with Crippen LogP contribution in [-0.2, 0) is 13.8 Å². The van der Waals surface area contributed by atoms with Gasteiger partial charge in [0.1, 0.15) is 0 Å². The van der Waals surface area contributed by atoms with Gasteiger partial charge in [-0.15, -0.1) is 0 Å². The molecule has 3 atom stereocenters. The van der Waals surface area contributed by atoms with Gasteiger partial charge in [-0.25, -0.2) is 8.42 Å². The van der Waals surface area contributed by atoms with Crippen LogP contribution >= 0.6 is 10.7 Å². The molecule has 0 saturated heterocycles. The van der Waals surface area contributed by atoms with Gasteiger partial charge < -0.3 is 5.32 Å². The van der Waals surface area contributed by atoms with Crippen molar-refractivity contribution in [3.63, 3.8) is 0 Å². The molecule has 4 nitrogen and oxygen atoms in total. The first-order chi connectivity index (χ1) is 9.84. The predicted molar refractivity (Wildman–Crippen MR) is 81.8 cm³/mol. The summed E-state index contributed by atoms with van der Waals surface area (Å²) in [5, 5.41) is 2.91. The number of carbonyl (C=O) groups is 1. The Morgan fingerprint density at radius 1 is 1.29 bits per heavy atom.